The Kier molecular flexibility index (Phi) is 12.8. The van der Waals surface area contributed by atoms with Gasteiger partial charge in [0.1, 0.15) is 23.3 Å². The van der Waals surface area contributed by atoms with Crippen LogP contribution in [0.3, 0.4) is 0 Å². The highest BCUT2D eigenvalue weighted by molar-refractivity contribution is 7.85. The maximum Gasteiger partial charge on any atom is 0.284 e. The van der Waals surface area contributed by atoms with Gasteiger partial charge in [0, 0.05) is 0 Å². The Balaban J connectivity index is 0.000000181. The molecule has 0 saturated carbocycles. The van der Waals surface area contributed by atoms with Crippen LogP contribution in [0.5, 0.6) is 11.8 Å². The van der Waals surface area contributed by atoms with Gasteiger partial charge in [0.15, 0.2) is 10.3 Å². The number of halogens is 2. The third-order valence-corrected chi connectivity index (χ3v) is 7.14. The number of aromatic nitrogens is 4. The largest absolute Gasteiger partial charge is 0.744 e. The van der Waals surface area contributed by atoms with E-state index in [0.717, 1.165) is 16.7 Å². The SMILES string of the molecule is Cc1cc(C)c(S(=O)(=O)[O-])c(C)c1.Clc1cncc(OCc2ccccc2)n1.N[n+]1cc(Cl)nc(OCc2ccccc2)c1. The lowest BCUT2D eigenvalue weighted by Gasteiger charge is -2.14. The molecule has 0 aliphatic carbocycles. The summed E-state index contributed by atoms with van der Waals surface area (Å²) in [6, 6.07) is 23.0. The summed E-state index contributed by atoms with van der Waals surface area (Å²) in [5.41, 5.74) is 4.15. The normalized spacial score (nSPS) is 10.5. The molecule has 2 aromatic heterocycles. The Morgan fingerprint density at radius 2 is 1.27 bits per heavy atom. The van der Waals surface area contributed by atoms with Crippen LogP contribution in [0.2, 0.25) is 10.3 Å². The van der Waals surface area contributed by atoms with Crippen molar-refractivity contribution < 1.29 is 27.1 Å². The van der Waals surface area contributed by atoms with Crippen molar-refractivity contribution in [2.45, 2.75) is 38.9 Å². The van der Waals surface area contributed by atoms with Crippen LogP contribution >= 0.6 is 23.2 Å². The van der Waals surface area contributed by atoms with Crippen LogP contribution in [0, 0.1) is 20.8 Å². The third kappa shape index (κ3) is 11.8. The summed E-state index contributed by atoms with van der Waals surface area (Å²) in [6.45, 7) is 6.03. The molecule has 0 unspecified atom stereocenters. The van der Waals surface area contributed by atoms with Crippen molar-refractivity contribution in [1.82, 2.24) is 15.0 Å². The molecule has 0 atom stereocenters. The number of aryl methyl sites for hydroxylation is 3. The van der Waals surface area contributed by atoms with Gasteiger partial charge >= 0.3 is 0 Å². The van der Waals surface area contributed by atoms with Crippen molar-refractivity contribution in [3.63, 3.8) is 0 Å². The molecule has 2 heterocycles. The second-order valence-electron chi connectivity index (χ2n) is 9.39. The predicted octanol–water partition coefficient (Wildman–Crippen LogP) is 5.54. The Bertz CT molecular complexity index is 1720. The van der Waals surface area contributed by atoms with E-state index in [1.54, 1.807) is 32.2 Å². The smallest absolute Gasteiger partial charge is 0.284 e. The van der Waals surface area contributed by atoms with Gasteiger partial charge in [-0.25, -0.2) is 14.3 Å². The topological polar surface area (TPSA) is 144 Å². The zero-order valence-corrected chi connectivity index (χ0v) is 26.6. The number of ether oxygens (including phenoxy) is 2. The van der Waals surface area contributed by atoms with E-state index < -0.39 is 10.1 Å². The summed E-state index contributed by atoms with van der Waals surface area (Å²) in [5.74, 6) is 6.38. The highest BCUT2D eigenvalue weighted by atomic mass is 35.5. The van der Waals surface area contributed by atoms with E-state index in [1.165, 1.54) is 23.3 Å². The lowest BCUT2D eigenvalue weighted by Crippen LogP contribution is -2.43. The molecular weight excluding hydrogens is 625 g/mol. The zero-order valence-electron chi connectivity index (χ0n) is 24.2. The van der Waals surface area contributed by atoms with Gasteiger partial charge in [-0.15, -0.1) is 0 Å². The van der Waals surface area contributed by atoms with E-state index in [9.17, 15) is 13.0 Å². The van der Waals surface area contributed by atoms with Crippen LogP contribution in [0.4, 0.5) is 0 Å². The van der Waals surface area contributed by atoms with Crippen molar-refractivity contribution in [3.8, 4) is 11.8 Å². The van der Waals surface area contributed by atoms with Gasteiger partial charge in [-0.05, 0) is 43.0 Å². The first kappa shape index (κ1) is 34.2. The Labute approximate surface area is 266 Å². The second kappa shape index (κ2) is 16.5. The molecular formula is C31H31Cl2N5O5S. The molecule has 10 nitrogen and oxygen atoms in total. The highest BCUT2D eigenvalue weighted by Crippen LogP contribution is 2.21. The molecule has 0 bridgehead atoms. The van der Waals surface area contributed by atoms with E-state index in [1.807, 2.05) is 67.6 Å². The molecule has 13 heteroatoms. The van der Waals surface area contributed by atoms with Gasteiger partial charge in [0.05, 0.1) is 17.3 Å². The maximum absolute atomic E-state index is 10.8. The highest BCUT2D eigenvalue weighted by Gasteiger charge is 2.09. The molecule has 5 rings (SSSR count). The molecule has 0 spiro atoms. The van der Waals surface area contributed by atoms with Gasteiger partial charge in [0.2, 0.25) is 12.1 Å². The average molecular weight is 657 g/mol. The number of hydrogen-bond acceptors (Lipinski definition) is 9. The minimum Gasteiger partial charge on any atom is -0.744 e. The maximum atomic E-state index is 10.8. The molecule has 0 aliphatic heterocycles. The Morgan fingerprint density at radius 1 is 0.773 bits per heavy atom. The quantitative estimate of drug-likeness (QED) is 0.136. The van der Waals surface area contributed by atoms with Gasteiger partial charge in [-0.1, -0.05) is 106 Å². The predicted molar refractivity (Wildman–Crippen MR) is 167 cm³/mol. The number of hydrogen-bond donors (Lipinski definition) is 1. The summed E-state index contributed by atoms with van der Waals surface area (Å²) in [5, 5.41) is 0.633. The Morgan fingerprint density at radius 3 is 1.75 bits per heavy atom. The summed E-state index contributed by atoms with van der Waals surface area (Å²) in [7, 11) is -4.33. The van der Waals surface area contributed by atoms with Crippen molar-refractivity contribution in [2.24, 2.45) is 0 Å². The van der Waals surface area contributed by atoms with Gasteiger partial charge in [-0.2, -0.15) is 9.97 Å². The van der Waals surface area contributed by atoms with Crippen LogP contribution in [0.15, 0.2) is 102 Å². The zero-order chi connectivity index (χ0) is 32.1. The average Bonchev–Trinajstić information content (AvgIpc) is 2.95. The molecule has 44 heavy (non-hydrogen) atoms. The number of benzene rings is 3. The molecule has 2 N–H and O–H groups in total. The number of nitrogen functional groups attached to an aromatic ring is 1. The van der Waals surface area contributed by atoms with E-state index >= 15 is 0 Å². The molecule has 0 saturated heterocycles. The monoisotopic (exact) mass is 655 g/mol. The fourth-order valence-electron chi connectivity index (χ4n) is 3.94. The van der Waals surface area contributed by atoms with Crippen molar-refractivity contribution in [3.05, 3.63) is 136 Å². The molecule has 0 fully saturated rings. The van der Waals surface area contributed by atoms with E-state index in [0.29, 0.717) is 46.4 Å². The van der Waals surface area contributed by atoms with Gasteiger partial charge < -0.3 is 14.0 Å². The lowest BCUT2D eigenvalue weighted by atomic mass is 10.1. The van der Waals surface area contributed by atoms with Crippen molar-refractivity contribution in [1.29, 1.82) is 0 Å². The van der Waals surface area contributed by atoms with Gasteiger partial charge in [-0.3, -0.25) is 4.98 Å². The van der Waals surface area contributed by atoms with Crippen LogP contribution in [0.1, 0.15) is 27.8 Å². The van der Waals surface area contributed by atoms with Crippen LogP contribution in [-0.4, -0.2) is 27.9 Å². The van der Waals surface area contributed by atoms with E-state index in [-0.39, 0.29) is 4.90 Å². The minimum atomic E-state index is -4.33. The van der Waals surface area contributed by atoms with Crippen molar-refractivity contribution >= 4 is 33.3 Å². The summed E-state index contributed by atoms with van der Waals surface area (Å²) in [4.78, 5) is 11.8. The Hall–Kier alpha value is -4.29. The van der Waals surface area contributed by atoms with Crippen molar-refractivity contribution in [2.75, 3.05) is 5.84 Å². The van der Waals surface area contributed by atoms with E-state index in [4.69, 9.17) is 38.5 Å². The molecule has 0 radical (unpaired) electrons. The molecule has 0 aliphatic rings. The fourth-order valence-corrected chi connectivity index (χ4v) is 5.18. The number of nitrogens with two attached hydrogens (primary N) is 1. The molecule has 5 aromatic rings. The minimum absolute atomic E-state index is 0.0851. The molecule has 3 aromatic carbocycles. The first-order chi connectivity index (χ1) is 20.9. The second-order valence-corrected chi connectivity index (χ2v) is 11.5. The summed E-state index contributed by atoms with van der Waals surface area (Å²) in [6.07, 6.45) is 6.07. The first-order valence-electron chi connectivity index (χ1n) is 13.1. The standard InChI is InChI=1S/C11H11ClN3O.C11H9ClN2O.C9H12O3S/c12-10-6-15(13)7-11(14-10)16-8-9-4-2-1-3-5-9;12-10-6-13-7-11(14-10)15-8-9-4-2-1-3-5-9;1-6-4-7(2)9(8(3)5-6)13(10,11)12/h1-7H,8H2,(H2,13,14);1-7H,8H2;4-5H,1-3H3,(H,10,11,12)/q+1;;/p-1. The summed E-state index contributed by atoms with van der Waals surface area (Å²) < 4.78 is 44.7. The number of nitrogens with zero attached hydrogens (tertiary/aromatic N) is 4. The first-order valence-corrected chi connectivity index (χ1v) is 15.3. The number of rotatable bonds is 7. The van der Waals surface area contributed by atoms with E-state index in [2.05, 4.69) is 15.0 Å². The van der Waals surface area contributed by atoms with Crippen LogP contribution in [-0.2, 0) is 23.3 Å². The third-order valence-electron chi connectivity index (χ3n) is 5.63. The molecule has 230 valence electrons. The van der Waals surface area contributed by atoms with Crippen LogP contribution in [0.25, 0.3) is 0 Å². The van der Waals surface area contributed by atoms with Gasteiger partial charge in [0.25, 0.3) is 12.1 Å². The summed E-state index contributed by atoms with van der Waals surface area (Å²) >= 11 is 11.4. The van der Waals surface area contributed by atoms with Crippen LogP contribution < -0.4 is 20.0 Å². The fraction of sp³-hybridized carbons (Fsp3) is 0.161. The molecule has 0 amide bonds. The lowest BCUT2D eigenvalue weighted by molar-refractivity contribution is -0.639.